The zero-order chi connectivity index (χ0) is 20.6. The number of benzene rings is 2. The lowest BCUT2D eigenvalue weighted by Gasteiger charge is -2.16. The minimum absolute atomic E-state index is 0.00358. The highest BCUT2D eigenvalue weighted by Gasteiger charge is 2.14. The fourth-order valence-corrected chi connectivity index (χ4v) is 3.37. The molecular formula is C25H27NO3. The molecule has 1 aromatic heterocycles. The summed E-state index contributed by atoms with van der Waals surface area (Å²) in [4.78, 5) is 17.4. The average Bonchev–Trinajstić information content (AvgIpc) is 2.74. The van der Waals surface area contributed by atoms with Gasteiger partial charge in [-0.2, -0.15) is 0 Å². The topological polar surface area (TPSA) is 59.4 Å². The van der Waals surface area contributed by atoms with E-state index in [4.69, 9.17) is 4.74 Å². The van der Waals surface area contributed by atoms with Crippen molar-refractivity contribution < 1.29 is 14.6 Å². The Morgan fingerprint density at radius 2 is 1.76 bits per heavy atom. The summed E-state index contributed by atoms with van der Waals surface area (Å²) in [5.74, 6) is -0.00358. The molecule has 0 saturated heterocycles. The molecule has 150 valence electrons. The van der Waals surface area contributed by atoms with Crippen molar-refractivity contribution in [2.45, 2.75) is 38.9 Å². The number of ketones is 1. The first-order valence-electron chi connectivity index (χ1n) is 9.98. The molecule has 0 radical (unpaired) electrons. The monoisotopic (exact) mass is 389 g/mol. The number of carbonyl (C=O) groups excluding carboxylic acids is 1. The van der Waals surface area contributed by atoms with E-state index in [2.05, 4.69) is 4.98 Å². The molecule has 3 aromatic rings. The van der Waals surface area contributed by atoms with Crippen LogP contribution in [0.5, 0.6) is 0 Å². The van der Waals surface area contributed by atoms with Gasteiger partial charge < -0.3 is 9.84 Å². The molecule has 0 amide bonds. The minimum atomic E-state index is -0.377. The van der Waals surface area contributed by atoms with E-state index in [0.717, 1.165) is 16.8 Å². The second-order valence-electron chi connectivity index (χ2n) is 7.30. The zero-order valence-corrected chi connectivity index (χ0v) is 16.9. The molecule has 4 heteroatoms. The van der Waals surface area contributed by atoms with Crippen molar-refractivity contribution in [1.29, 1.82) is 0 Å². The Morgan fingerprint density at radius 3 is 2.45 bits per heavy atom. The van der Waals surface area contributed by atoms with Gasteiger partial charge in [0.1, 0.15) is 0 Å². The molecule has 2 unspecified atom stereocenters. The summed E-state index contributed by atoms with van der Waals surface area (Å²) in [5, 5.41) is 9.49. The second kappa shape index (κ2) is 10.1. The summed E-state index contributed by atoms with van der Waals surface area (Å²) in [7, 11) is 0. The molecule has 1 heterocycles. The van der Waals surface area contributed by atoms with Crippen LogP contribution in [0, 0.1) is 0 Å². The van der Waals surface area contributed by atoms with E-state index >= 15 is 0 Å². The van der Waals surface area contributed by atoms with Crippen LogP contribution < -0.4 is 0 Å². The molecule has 0 fully saturated rings. The second-order valence-corrected chi connectivity index (χ2v) is 7.30. The van der Waals surface area contributed by atoms with Crippen LogP contribution in [0.3, 0.4) is 0 Å². The third kappa shape index (κ3) is 5.83. The first-order valence-corrected chi connectivity index (χ1v) is 9.98. The maximum Gasteiger partial charge on any atom is 0.193 e. The highest BCUT2D eigenvalue weighted by Crippen LogP contribution is 2.25. The Kier molecular flexibility index (Phi) is 7.28. The Labute approximate surface area is 172 Å². The van der Waals surface area contributed by atoms with E-state index in [0.29, 0.717) is 30.6 Å². The molecule has 4 nitrogen and oxygen atoms in total. The number of nitrogens with zero attached hydrogens (tertiary/aromatic N) is 1. The summed E-state index contributed by atoms with van der Waals surface area (Å²) in [5.41, 5.74) is 4.17. The van der Waals surface area contributed by atoms with Crippen LogP contribution in [-0.2, 0) is 11.2 Å². The van der Waals surface area contributed by atoms with E-state index < -0.39 is 0 Å². The SMILES string of the molecule is CC(O)CC(C)OCCc1ccc(C(=O)c2ccccc2)cc1-c1ccccn1. The van der Waals surface area contributed by atoms with Crippen molar-refractivity contribution >= 4 is 5.78 Å². The third-order valence-electron chi connectivity index (χ3n) is 4.80. The van der Waals surface area contributed by atoms with Gasteiger partial charge in [-0.25, -0.2) is 0 Å². The summed E-state index contributed by atoms with van der Waals surface area (Å²) >= 11 is 0. The number of hydrogen-bond acceptors (Lipinski definition) is 4. The Morgan fingerprint density at radius 1 is 1.00 bits per heavy atom. The summed E-state index contributed by atoms with van der Waals surface area (Å²) in [6.07, 6.45) is 2.68. The Hall–Kier alpha value is -2.82. The van der Waals surface area contributed by atoms with Crippen molar-refractivity contribution in [1.82, 2.24) is 4.98 Å². The van der Waals surface area contributed by atoms with Crippen LogP contribution in [-0.4, -0.2) is 34.7 Å². The number of rotatable bonds is 9. The average molecular weight is 389 g/mol. The molecule has 0 spiro atoms. The van der Waals surface area contributed by atoms with Crippen molar-refractivity contribution in [2.24, 2.45) is 0 Å². The van der Waals surface area contributed by atoms with Crippen LogP contribution in [0.4, 0.5) is 0 Å². The molecule has 0 aliphatic carbocycles. The van der Waals surface area contributed by atoms with Crippen molar-refractivity contribution in [3.63, 3.8) is 0 Å². The number of ether oxygens (including phenoxy) is 1. The standard InChI is InChI=1S/C25H27NO3/c1-18(27)16-19(2)29-15-13-20-11-12-22(25(28)21-8-4-3-5-9-21)17-23(20)24-10-6-7-14-26-24/h3-12,14,17-19,27H,13,15-16H2,1-2H3. The van der Waals surface area contributed by atoms with Gasteiger partial charge in [0, 0.05) is 22.9 Å². The number of carbonyl (C=O) groups is 1. The molecule has 2 atom stereocenters. The van der Waals surface area contributed by atoms with Gasteiger partial charge in [-0.05, 0) is 50.5 Å². The van der Waals surface area contributed by atoms with Crippen molar-refractivity contribution in [3.8, 4) is 11.3 Å². The number of hydrogen-bond donors (Lipinski definition) is 1. The molecule has 0 bridgehead atoms. The fourth-order valence-electron chi connectivity index (χ4n) is 3.37. The normalized spacial score (nSPS) is 13.1. The lowest BCUT2D eigenvalue weighted by atomic mass is 9.95. The minimum Gasteiger partial charge on any atom is -0.393 e. The molecule has 2 aromatic carbocycles. The van der Waals surface area contributed by atoms with E-state index in [9.17, 15) is 9.90 Å². The predicted octanol–water partition coefficient (Wildman–Crippen LogP) is 4.70. The number of aliphatic hydroxyl groups is 1. The van der Waals surface area contributed by atoms with E-state index in [1.807, 2.05) is 73.7 Å². The van der Waals surface area contributed by atoms with Gasteiger partial charge in [-0.1, -0.05) is 48.5 Å². The zero-order valence-electron chi connectivity index (χ0n) is 16.9. The highest BCUT2D eigenvalue weighted by atomic mass is 16.5. The number of aromatic nitrogens is 1. The van der Waals surface area contributed by atoms with Crippen molar-refractivity contribution in [2.75, 3.05) is 6.61 Å². The lowest BCUT2D eigenvalue weighted by Crippen LogP contribution is -2.17. The Balaban J connectivity index is 1.84. The molecule has 29 heavy (non-hydrogen) atoms. The number of aliphatic hydroxyl groups excluding tert-OH is 1. The molecule has 0 aliphatic rings. The van der Waals surface area contributed by atoms with E-state index in [-0.39, 0.29) is 18.0 Å². The molecule has 0 saturated carbocycles. The van der Waals surface area contributed by atoms with Gasteiger partial charge in [-0.3, -0.25) is 9.78 Å². The van der Waals surface area contributed by atoms with Crippen LogP contribution in [0.2, 0.25) is 0 Å². The van der Waals surface area contributed by atoms with E-state index in [1.54, 1.807) is 13.1 Å². The van der Waals surface area contributed by atoms with Gasteiger partial charge in [0.25, 0.3) is 0 Å². The summed E-state index contributed by atoms with van der Waals surface area (Å²) in [6.45, 7) is 4.27. The van der Waals surface area contributed by atoms with Crippen LogP contribution in [0.25, 0.3) is 11.3 Å². The van der Waals surface area contributed by atoms with Gasteiger partial charge in [0.2, 0.25) is 0 Å². The summed E-state index contributed by atoms with van der Waals surface area (Å²) < 4.78 is 5.85. The van der Waals surface area contributed by atoms with Crippen molar-refractivity contribution in [3.05, 3.63) is 89.6 Å². The molecule has 0 aliphatic heterocycles. The van der Waals surface area contributed by atoms with Gasteiger partial charge in [-0.15, -0.1) is 0 Å². The first-order chi connectivity index (χ1) is 14.0. The largest absolute Gasteiger partial charge is 0.393 e. The summed E-state index contributed by atoms with van der Waals surface area (Å²) in [6, 6.07) is 20.8. The lowest BCUT2D eigenvalue weighted by molar-refractivity contribution is 0.0309. The van der Waals surface area contributed by atoms with Gasteiger partial charge in [0.15, 0.2) is 5.78 Å². The molecule has 1 N–H and O–H groups in total. The van der Waals surface area contributed by atoms with Crippen LogP contribution in [0.1, 0.15) is 41.8 Å². The predicted molar refractivity (Wildman–Crippen MR) is 115 cm³/mol. The first kappa shape index (κ1) is 20.9. The number of pyridine rings is 1. The third-order valence-corrected chi connectivity index (χ3v) is 4.80. The van der Waals surface area contributed by atoms with E-state index in [1.165, 1.54) is 0 Å². The fraction of sp³-hybridized carbons (Fsp3) is 0.280. The van der Waals surface area contributed by atoms with Gasteiger partial charge >= 0.3 is 0 Å². The van der Waals surface area contributed by atoms with Crippen LogP contribution in [0.15, 0.2) is 72.9 Å². The Bertz CT molecular complexity index is 923. The van der Waals surface area contributed by atoms with Crippen LogP contribution >= 0.6 is 0 Å². The molecular weight excluding hydrogens is 362 g/mol. The van der Waals surface area contributed by atoms with Gasteiger partial charge in [0.05, 0.1) is 24.5 Å². The maximum atomic E-state index is 12.9. The maximum absolute atomic E-state index is 12.9. The smallest absolute Gasteiger partial charge is 0.193 e. The molecule has 3 rings (SSSR count). The highest BCUT2D eigenvalue weighted by molar-refractivity contribution is 6.09. The quantitative estimate of drug-likeness (QED) is 0.539.